The van der Waals surface area contributed by atoms with Crippen LogP contribution in [0.4, 0.5) is 0 Å². The van der Waals surface area contributed by atoms with Gasteiger partial charge in [0.25, 0.3) is 0 Å². The zero-order valence-corrected chi connectivity index (χ0v) is 16.3. The van der Waals surface area contributed by atoms with Crippen LogP contribution in [0.1, 0.15) is 51.6 Å². The van der Waals surface area contributed by atoms with E-state index in [1.165, 1.54) is 0 Å². The molecule has 0 radical (unpaired) electrons. The van der Waals surface area contributed by atoms with E-state index in [2.05, 4.69) is 24.5 Å². The Labute approximate surface area is 157 Å². The Morgan fingerprint density at radius 3 is 2.52 bits per heavy atom. The number of halogens is 1. The lowest BCUT2D eigenvalue weighted by Gasteiger charge is -2.19. The first-order valence-electron chi connectivity index (χ1n) is 9.06. The Hall–Kier alpha value is -1.46. The molecule has 1 heterocycles. The van der Waals surface area contributed by atoms with E-state index in [1.807, 2.05) is 25.1 Å². The van der Waals surface area contributed by atoms with Gasteiger partial charge < -0.3 is 20.1 Å². The van der Waals surface area contributed by atoms with Crippen LogP contribution in [0.25, 0.3) is 0 Å². The van der Waals surface area contributed by atoms with Gasteiger partial charge in [-0.25, -0.2) is 0 Å². The summed E-state index contributed by atoms with van der Waals surface area (Å²) in [5.41, 5.74) is 1.03. The molecule has 1 aromatic carbocycles. The number of benzene rings is 1. The summed E-state index contributed by atoms with van der Waals surface area (Å²) >= 11 is 0. The van der Waals surface area contributed by atoms with Crippen LogP contribution >= 0.6 is 12.4 Å². The maximum absolute atomic E-state index is 12.3. The van der Waals surface area contributed by atoms with Gasteiger partial charge in [-0.1, -0.05) is 19.9 Å². The van der Waals surface area contributed by atoms with Crippen molar-refractivity contribution in [3.8, 4) is 11.5 Å². The largest absolute Gasteiger partial charge is 0.490 e. The molecule has 25 heavy (non-hydrogen) atoms. The second kappa shape index (κ2) is 11.2. The lowest BCUT2D eigenvalue weighted by atomic mass is 10.0. The summed E-state index contributed by atoms with van der Waals surface area (Å²) in [5, 5.41) is 6.34. The van der Waals surface area contributed by atoms with Crippen LogP contribution in [-0.2, 0) is 4.79 Å². The molecule has 142 valence electrons. The summed E-state index contributed by atoms with van der Waals surface area (Å²) < 4.78 is 11.6. The smallest absolute Gasteiger partial charge is 0.224 e. The van der Waals surface area contributed by atoms with Crippen molar-refractivity contribution in [2.75, 3.05) is 26.3 Å². The lowest BCUT2D eigenvalue weighted by Crippen LogP contribution is -2.33. The van der Waals surface area contributed by atoms with Crippen LogP contribution in [0.3, 0.4) is 0 Å². The minimum absolute atomic E-state index is 0. The van der Waals surface area contributed by atoms with Crippen LogP contribution in [0.2, 0.25) is 0 Å². The number of ether oxygens (including phenoxy) is 2. The summed E-state index contributed by atoms with van der Waals surface area (Å²) in [6.07, 6.45) is 2.81. The molecule has 1 saturated heterocycles. The lowest BCUT2D eigenvalue weighted by molar-refractivity contribution is -0.125. The van der Waals surface area contributed by atoms with E-state index in [0.29, 0.717) is 13.2 Å². The fraction of sp³-hybridized carbons (Fsp3) is 0.632. The van der Waals surface area contributed by atoms with Gasteiger partial charge in [0.15, 0.2) is 11.5 Å². The Morgan fingerprint density at radius 1 is 1.24 bits per heavy atom. The summed E-state index contributed by atoms with van der Waals surface area (Å²) in [7, 11) is 0. The minimum atomic E-state index is -0.0534. The molecular formula is C19H31ClN2O3. The maximum atomic E-state index is 12.3. The van der Waals surface area contributed by atoms with Crippen molar-refractivity contribution in [3.05, 3.63) is 23.8 Å². The second-order valence-electron chi connectivity index (χ2n) is 6.32. The van der Waals surface area contributed by atoms with Gasteiger partial charge in [0.05, 0.1) is 25.2 Å². The highest BCUT2D eigenvalue weighted by molar-refractivity contribution is 5.85. The minimum Gasteiger partial charge on any atom is -0.490 e. The van der Waals surface area contributed by atoms with Gasteiger partial charge in [-0.2, -0.15) is 0 Å². The number of amides is 1. The quantitative estimate of drug-likeness (QED) is 0.698. The van der Waals surface area contributed by atoms with Crippen molar-refractivity contribution in [3.63, 3.8) is 0 Å². The number of hydrogen-bond donors (Lipinski definition) is 2. The van der Waals surface area contributed by atoms with Gasteiger partial charge in [0.2, 0.25) is 5.91 Å². The SMILES string of the molecule is CCCOc1ccc(C(C)NC(=O)C2CCNC2)cc1OCCC.Cl. The molecule has 2 rings (SSSR count). The Bertz CT molecular complexity index is 533. The number of hydrogen-bond acceptors (Lipinski definition) is 4. The first kappa shape index (κ1) is 21.6. The van der Waals surface area contributed by atoms with Crippen molar-refractivity contribution in [1.29, 1.82) is 0 Å². The molecule has 1 aromatic rings. The van der Waals surface area contributed by atoms with Gasteiger partial charge in [-0.05, 0) is 50.4 Å². The maximum Gasteiger partial charge on any atom is 0.224 e. The van der Waals surface area contributed by atoms with Crippen molar-refractivity contribution in [2.24, 2.45) is 5.92 Å². The van der Waals surface area contributed by atoms with E-state index < -0.39 is 0 Å². The van der Waals surface area contributed by atoms with Crippen molar-refractivity contribution < 1.29 is 14.3 Å². The topological polar surface area (TPSA) is 59.6 Å². The van der Waals surface area contributed by atoms with Gasteiger partial charge in [0, 0.05) is 6.54 Å². The predicted molar refractivity (Wildman–Crippen MR) is 103 cm³/mol. The summed E-state index contributed by atoms with van der Waals surface area (Å²) in [6.45, 7) is 9.18. The average Bonchev–Trinajstić information content (AvgIpc) is 3.13. The summed E-state index contributed by atoms with van der Waals surface area (Å²) in [4.78, 5) is 12.3. The zero-order valence-electron chi connectivity index (χ0n) is 15.5. The van der Waals surface area contributed by atoms with Crippen LogP contribution in [-0.4, -0.2) is 32.2 Å². The molecule has 0 saturated carbocycles. The highest BCUT2D eigenvalue weighted by atomic mass is 35.5. The fourth-order valence-corrected chi connectivity index (χ4v) is 2.74. The predicted octanol–water partition coefficient (Wildman–Crippen LogP) is 3.47. The number of nitrogens with one attached hydrogen (secondary N) is 2. The van der Waals surface area contributed by atoms with Crippen LogP contribution in [0.15, 0.2) is 18.2 Å². The van der Waals surface area contributed by atoms with Crippen molar-refractivity contribution in [1.82, 2.24) is 10.6 Å². The Kier molecular flexibility index (Phi) is 9.68. The highest BCUT2D eigenvalue weighted by Gasteiger charge is 2.24. The van der Waals surface area contributed by atoms with E-state index >= 15 is 0 Å². The van der Waals surface area contributed by atoms with Crippen LogP contribution < -0.4 is 20.1 Å². The Morgan fingerprint density at radius 2 is 1.92 bits per heavy atom. The molecule has 0 aromatic heterocycles. The molecule has 5 nitrogen and oxygen atoms in total. The van der Waals surface area contributed by atoms with E-state index in [1.54, 1.807) is 0 Å². The van der Waals surface area contributed by atoms with Gasteiger partial charge in [0.1, 0.15) is 0 Å². The molecule has 1 aliphatic rings. The zero-order chi connectivity index (χ0) is 17.4. The standard InChI is InChI=1S/C19H30N2O3.ClH/c1-4-10-23-17-7-6-15(12-18(17)24-11-5-2)14(3)21-19(22)16-8-9-20-13-16;/h6-7,12,14,16,20H,4-5,8-11,13H2,1-3H3,(H,21,22);1H. The van der Waals surface area contributed by atoms with Crippen LogP contribution in [0.5, 0.6) is 11.5 Å². The van der Waals surface area contributed by atoms with E-state index in [9.17, 15) is 4.79 Å². The second-order valence-corrected chi connectivity index (χ2v) is 6.32. The Balaban J connectivity index is 0.00000312. The van der Waals surface area contributed by atoms with Crippen LogP contribution in [0, 0.1) is 5.92 Å². The van der Waals surface area contributed by atoms with E-state index in [0.717, 1.165) is 49.4 Å². The van der Waals surface area contributed by atoms with E-state index in [-0.39, 0.29) is 30.3 Å². The van der Waals surface area contributed by atoms with Gasteiger partial charge in [-0.15, -0.1) is 12.4 Å². The first-order chi connectivity index (χ1) is 11.7. The molecule has 2 atom stereocenters. The number of carbonyl (C=O) groups is 1. The molecular weight excluding hydrogens is 340 g/mol. The van der Waals surface area contributed by atoms with Gasteiger partial charge >= 0.3 is 0 Å². The summed E-state index contributed by atoms with van der Waals surface area (Å²) in [6, 6.07) is 5.87. The molecule has 6 heteroatoms. The first-order valence-corrected chi connectivity index (χ1v) is 9.06. The molecule has 2 N–H and O–H groups in total. The average molecular weight is 371 g/mol. The molecule has 1 aliphatic heterocycles. The normalized spacial score (nSPS) is 17.5. The molecule has 0 bridgehead atoms. The fourth-order valence-electron chi connectivity index (χ4n) is 2.74. The molecule has 1 fully saturated rings. The molecule has 0 aliphatic carbocycles. The molecule has 1 amide bonds. The third-order valence-electron chi connectivity index (χ3n) is 4.18. The highest BCUT2D eigenvalue weighted by Crippen LogP contribution is 2.31. The third kappa shape index (κ3) is 6.40. The van der Waals surface area contributed by atoms with Crippen molar-refractivity contribution >= 4 is 18.3 Å². The summed E-state index contributed by atoms with van der Waals surface area (Å²) in [5.74, 6) is 1.73. The third-order valence-corrected chi connectivity index (χ3v) is 4.18. The van der Waals surface area contributed by atoms with Crippen molar-refractivity contribution in [2.45, 2.75) is 46.1 Å². The monoisotopic (exact) mass is 370 g/mol. The molecule has 2 unspecified atom stereocenters. The van der Waals surface area contributed by atoms with E-state index in [4.69, 9.17) is 9.47 Å². The van der Waals surface area contributed by atoms with Gasteiger partial charge in [-0.3, -0.25) is 4.79 Å². The molecule has 0 spiro atoms. The number of rotatable bonds is 9. The number of carbonyl (C=O) groups excluding carboxylic acids is 1.